The second kappa shape index (κ2) is 30.9. The molecule has 2 heterocycles. The molecule has 0 aromatic heterocycles. The van der Waals surface area contributed by atoms with Crippen molar-refractivity contribution in [1.82, 2.24) is 5.32 Å². The summed E-state index contributed by atoms with van der Waals surface area (Å²) in [4.78, 5) is 13.0. The van der Waals surface area contributed by atoms with Gasteiger partial charge in [-0.15, -0.1) is 0 Å². The van der Waals surface area contributed by atoms with E-state index < -0.39 is 86.8 Å². The molecule has 2 aliphatic heterocycles. The maximum Gasteiger partial charge on any atom is 0.220 e. The lowest BCUT2D eigenvalue weighted by molar-refractivity contribution is -0.359. The van der Waals surface area contributed by atoms with Gasteiger partial charge in [-0.25, -0.2) is 0 Å². The summed E-state index contributed by atoms with van der Waals surface area (Å²) < 4.78 is 22.6. The summed E-state index contributed by atoms with van der Waals surface area (Å²) >= 11 is 0. The average molecular weight is 808 g/mol. The van der Waals surface area contributed by atoms with Crippen LogP contribution in [0.5, 0.6) is 0 Å². The van der Waals surface area contributed by atoms with E-state index in [1.807, 2.05) is 0 Å². The van der Waals surface area contributed by atoms with Gasteiger partial charge in [-0.3, -0.25) is 4.79 Å². The van der Waals surface area contributed by atoms with Crippen LogP contribution in [0.2, 0.25) is 0 Å². The summed E-state index contributed by atoms with van der Waals surface area (Å²) in [5.41, 5.74) is 0. The molecule has 0 spiro atoms. The number of carbonyl (C=O) groups is 1. The summed E-state index contributed by atoms with van der Waals surface area (Å²) in [5, 5.41) is 86.4. The fraction of sp³-hybridized carbons (Fsp3) is 0.976. The van der Waals surface area contributed by atoms with Crippen molar-refractivity contribution in [3.05, 3.63) is 0 Å². The molecular weight excluding hydrogens is 726 g/mol. The van der Waals surface area contributed by atoms with E-state index in [2.05, 4.69) is 19.2 Å². The van der Waals surface area contributed by atoms with Crippen LogP contribution in [0.1, 0.15) is 168 Å². The normalized spacial score (nSPS) is 29.3. The van der Waals surface area contributed by atoms with E-state index in [0.717, 1.165) is 51.4 Å². The first-order valence-corrected chi connectivity index (χ1v) is 22.3. The van der Waals surface area contributed by atoms with Gasteiger partial charge in [0.1, 0.15) is 48.8 Å². The summed E-state index contributed by atoms with van der Waals surface area (Å²) in [6.07, 6.45) is 9.81. The smallest absolute Gasteiger partial charge is 0.220 e. The van der Waals surface area contributed by atoms with Crippen LogP contribution < -0.4 is 5.32 Å². The Bertz CT molecular complexity index is 962. The molecule has 14 heteroatoms. The van der Waals surface area contributed by atoms with Crippen LogP contribution in [0, 0.1) is 0 Å². The monoisotopic (exact) mass is 808 g/mol. The van der Waals surface area contributed by atoms with Crippen LogP contribution in [0.25, 0.3) is 0 Å². The van der Waals surface area contributed by atoms with E-state index in [4.69, 9.17) is 18.9 Å². The molecule has 0 radical (unpaired) electrons. The van der Waals surface area contributed by atoms with E-state index in [0.29, 0.717) is 12.8 Å². The molecule has 0 aliphatic carbocycles. The van der Waals surface area contributed by atoms with Crippen molar-refractivity contribution in [2.45, 2.75) is 242 Å². The Morgan fingerprint density at radius 3 is 1.52 bits per heavy atom. The molecule has 12 unspecified atom stereocenters. The third-order valence-electron chi connectivity index (χ3n) is 11.3. The van der Waals surface area contributed by atoms with Gasteiger partial charge in [0.25, 0.3) is 0 Å². The van der Waals surface area contributed by atoms with Crippen LogP contribution >= 0.6 is 0 Å². The number of amides is 1. The van der Waals surface area contributed by atoms with Crippen molar-refractivity contribution < 1.29 is 64.6 Å². The second-order valence-electron chi connectivity index (χ2n) is 16.2. The third kappa shape index (κ3) is 19.4. The SMILES string of the molecule is CCCCCCCCCCCCCCCC(O)C(COC1OC(CO)C(OC2OC(CO)C(O)C(O)C2O)C(O)C1O)NC(=O)CCCCCCCCCCC. The van der Waals surface area contributed by atoms with Crippen molar-refractivity contribution in [1.29, 1.82) is 0 Å². The highest BCUT2D eigenvalue weighted by Gasteiger charge is 2.51. The highest BCUT2D eigenvalue weighted by atomic mass is 16.7. The van der Waals surface area contributed by atoms with Gasteiger partial charge in [-0.1, -0.05) is 149 Å². The molecule has 0 aromatic carbocycles. The van der Waals surface area contributed by atoms with Crippen molar-refractivity contribution in [3.8, 4) is 0 Å². The molecule has 9 N–H and O–H groups in total. The summed E-state index contributed by atoms with van der Waals surface area (Å²) in [6.45, 7) is 2.80. The van der Waals surface area contributed by atoms with Gasteiger partial charge < -0.3 is 65.1 Å². The van der Waals surface area contributed by atoms with Crippen molar-refractivity contribution in [3.63, 3.8) is 0 Å². The topological polar surface area (TPSA) is 228 Å². The predicted molar refractivity (Wildman–Crippen MR) is 212 cm³/mol. The molecule has 56 heavy (non-hydrogen) atoms. The average Bonchev–Trinajstić information content (AvgIpc) is 3.19. The fourth-order valence-electron chi connectivity index (χ4n) is 7.59. The van der Waals surface area contributed by atoms with Crippen LogP contribution in [0.15, 0.2) is 0 Å². The molecule has 2 aliphatic rings. The highest BCUT2D eigenvalue weighted by Crippen LogP contribution is 2.30. The second-order valence-corrected chi connectivity index (χ2v) is 16.2. The Balaban J connectivity index is 1.89. The number of unbranched alkanes of at least 4 members (excludes halogenated alkanes) is 20. The molecule has 0 bridgehead atoms. The Labute approximate surface area is 336 Å². The molecule has 332 valence electrons. The van der Waals surface area contributed by atoms with Gasteiger partial charge in [0.05, 0.1) is 32.0 Å². The molecule has 1 amide bonds. The third-order valence-corrected chi connectivity index (χ3v) is 11.3. The summed E-state index contributed by atoms with van der Waals surface area (Å²) in [6, 6.07) is -0.818. The van der Waals surface area contributed by atoms with Crippen LogP contribution in [-0.4, -0.2) is 140 Å². The highest BCUT2D eigenvalue weighted by molar-refractivity contribution is 5.76. The van der Waals surface area contributed by atoms with E-state index >= 15 is 0 Å². The van der Waals surface area contributed by atoms with Crippen molar-refractivity contribution in [2.24, 2.45) is 0 Å². The molecule has 0 aromatic rings. The quantitative estimate of drug-likeness (QED) is 0.0430. The zero-order valence-electron chi connectivity index (χ0n) is 34.6. The Kier molecular flexibility index (Phi) is 28.3. The first-order valence-electron chi connectivity index (χ1n) is 22.3. The fourth-order valence-corrected chi connectivity index (χ4v) is 7.59. The molecule has 14 nitrogen and oxygen atoms in total. The Morgan fingerprint density at radius 1 is 0.571 bits per heavy atom. The maximum atomic E-state index is 13.0. The van der Waals surface area contributed by atoms with Gasteiger partial charge in [-0.2, -0.15) is 0 Å². The first-order chi connectivity index (χ1) is 27.1. The largest absolute Gasteiger partial charge is 0.394 e. The Hall–Kier alpha value is -1.01. The minimum Gasteiger partial charge on any atom is -0.394 e. The van der Waals surface area contributed by atoms with Crippen molar-refractivity contribution >= 4 is 5.91 Å². The minimum atomic E-state index is -1.78. The van der Waals surface area contributed by atoms with Gasteiger partial charge in [-0.05, 0) is 12.8 Å². The number of rotatable bonds is 33. The zero-order valence-corrected chi connectivity index (χ0v) is 34.6. The number of hydrogen-bond acceptors (Lipinski definition) is 13. The molecule has 2 fully saturated rings. The van der Waals surface area contributed by atoms with Crippen LogP contribution in [-0.2, 0) is 23.7 Å². The van der Waals surface area contributed by atoms with Crippen LogP contribution in [0.4, 0.5) is 0 Å². The molecule has 0 saturated carbocycles. The van der Waals surface area contributed by atoms with E-state index in [9.17, 15) is 45.6 Å². The van der Waals surface area contributed by atoms with E-state index in [-0.39, 0.29) is 12.5 Å². The number of hydrogen-bond donors (Lipinski definition) is 9. The molecule has 2 saturated heterocycles. The van der Waals surface area contributed by atoms with Gasteiger partial charge in [0.2, 0.25) is 5.91 Å². The molecule has 12 atom stereocenters. The first kappa shape index (κ1) is 51.1. The van der Waals surface area contributed by atoms with Gasteiger partial charge in [0.15, 0.2) is 12.6 Å². The number of carbonyl (C=O) groups excluding carboxylic acids is 1. The summed E-state index contributed by atoms with van der Waals surface area (Å²) in [5.74, 6) is -0.211. The minimum absolute atomic E-state index is 0.211. The maximum absolute atomic E-state index is 13.0. The lowest BCUT2D eigenvalue weighted by Gasteiger charge is -2.46. The predicted octanol–water partition coefficient (Wildman–Crippen LogP) is 3.88. The lowest BCUT2D eigenvalue weighted by Crippen LogP contribution is -2.65. The van der Waals surface area contributed by atoms with E-state index in [1.54, 1.807) is 0 Å². The molecular formula is C42H81NO13. The zero-order chi connectivity index (χ0) is 41.1. The van der Waals surface area contributed by atoms with Crippen LogP contribution in [0.3, 0.4) is 0 Å². The number of ether oxygens (including phenoxy) is 4. The lowest BCUT2D eigenvalue weighted by atomic mass is 9.97. The number of aliphatic hydroxyl groups excluding tert-OH is 8. The number of nitrogens with one attached hydrogen (secondary N) is 1. The summed E-state index contributed by atoms with van der Waals surface area (Å²) in [7, 11) is 0. The molecule has 2 rings (SSSR count). The van der Waals surface area contributed by atoms with Gasteiger partial charge >= 0.3 is 0 Å². The Morgan fingerprint density at radius 2 is 1.02 bits per heavy atom. The number of aliphatic hydroxyl groups is 8. The van der Waals surface area contributed by atoms with E-state index in [1.165, 1.54) is 89.9 Å². The van der Waals surface area contributed by atoms with Crippen molar-refractivity contribution in [2.75, 3.05) is 19.8 Å². The van der Waals surface area contributed by atoms with Gasteiger partial charge in [0, 0.05) is 6.42 Å². The standard InChI is InChI=1S/C42H81NO13/c1-3-5-7-9-11-13-14-15-16-18-19-21-23-25-31(46)30(43-34(47)26-24-22-20-17-12-10-8-6-4-2)29-53-41-39(52)37(50)40(33(28-45)55-41)56-42-38(51)36(49)35(48)32(27-44)54-42/h30-33,35-42,44-46,48-52H,3-29H2,1-2H3,(H,43,47).